The van der Waals surface area contributed by atoms with E-state index in [1.165, 1.54) is 20.1 Å². The molecule has 2 saturated heterocycles. The highest BCUT2D eigenvalue weighted by atomic mass is 16.6. The first-order valence-electron chi connectivity index (χ1n) is 8.76. The molecule has 7 heteroatoms. The standard InChI is InChI=1S/C19H27NO6/c1-11(2)6-17(21)26-16-9-13-8-14(10-15(16)20(13)4)25-18(22)7-12(3)19(23)24-5/h6-7,13-16H,8-10H2,1-5H3. The lowest BCUT2D eigenvalue weighted by Gasteiger charge is -2.36. The molecule has 0 aromatic rings. The van der Waals surface area contributed by atoms with Gasteiger partial charge in [-0.2, -0.15) is 0 Å². The lowest BCUT2D eigenvalue weighted by atomic mass is 10.0. The fraction of sp³-hybridized carbons (Fsp3) is 0.632. The van der Waals surface area contributed by atoms with Crippen molar-refractivity contribution in [2.45, 2.75) is 64.3 Å². The molecule has 26 heavy (non-hydrogen) atoms. The van der Waals surface area contributed by atoms with Crippen LogP contribution in [0.2, 0.25) is 0 Å². The summed E-state index contributed by atoms with van der Waals surface area (Å²) in [5.41, 5.74) is 1.09. The zero-order valence-corrected chi connectivity index (χ0v) is 16.0. The van der Waals surface area contributed by atoms with E-state index in [4.69, 9.17) is 9.47 Å². The lowest BCUT2D eigenvalue weighted by molar-refractivity contribution is -0.150. The molecule has 2 bridgehead atoms. The van der Waals surface area contributed by atoms with Crippen LogP contribution in [0, 0.1) is 0 Å². The zero-order valence-electron chi connectivity index (χ0n) is 16.0. The van der Waals surface area contributed by atoms with Crippen LogP contribution < -0.4 is 0 Å². The molecule has 2 aliphatic heterocycles. The Bertz CT molecular complexity index is 634. The van der Waals surface area contributed by atoms with Gasteiger partial charge in [0.15, 0.2) is 0 Å². The van der Waals surface area contributed by atoms with Gasteiger partial charge in [0.05, 0.1) is 13.2 Å². The molecular weight excluding hydrogens is 338 g/mol. The summed E-state index contributed by atoms with van der Waals surface area (Å²) in [6, 6.07) is 0.216. The molecule has 0 radical (unpaired) electrons. The fourth-order valence-corrected chi connectivity index (χ4v) is 3.61. The van der Waals surface area contributed by atoms with Crippen LogP contribution >= 0.6 is 0 Å². The molecule has 2 fully saturated rings. The van der Waals surface area contributed by atoms with Gasteiger partial charge in [-0.1, -0.05) is 5.57 Å². The summed E-state index contributed by atoms with van der Waals surface area (Å²) >= 11 is 0. The Balaban J connectivity index is 1.96. The van der Waals surface area contributed by atoms with Crippen molar-refractivity contribution in [2.75, 3.05) is 14.2 Å². The van der Waals surface area contributed by atoms with Crippen LogP contribution in [0.1, 0.15) is 40.0 Å². The monoisotopic (exact) mass is 365 g/mol. The van der Waals surface area contributed by atoms with Crippen molar-refractivity contribution in [1.82, 2.24) is 4.90 Å². The molecule has 2 aliphatic rings. The van der Waals surface area contributed by atoms with Crippen molar-refractivity contribution >= 4 is 17.9 Å². The highest BCUT2D eigenvalue weighted by Crippen LogP contribution is 2.37. The lowest BCUT2D eigenvalue weighted by Crippen LogP contribution is -2.46. The fourth-order valence-electron chi connectivity index (χ4n) is 3.61. The van der Waals surface area contributed by atoms with E-state index in [1.807, 2.05) is 20.9 Å². The number of hydrogen-bond acceptors (Lipinski definition) is 7. The van der Waals surface area contributed by atoms with Gasteiger partial charge >= 0.3 is 17.9 Å². The van der Waals surface area contributed by atoms with Crippen LogP contribution in [0.3, 0.4) is 0 Å². The minimum Gasteiger partial charge on any atom is -0.466 e. The van der Waals surface area contributed by atoms with Crippen LogP contribution in [0.4, 0.5) is 0 Å². The Labute approximate surface area is 154 Å². The first-order valence-corrected chi connectivity index (χ1v) is 8.76. The van der Waals surface area contributed by atoms with Crippen molar-refractivity contribution in [3.8, 4) is 0 Å². The Hall–Kier alpha value is -2.15. The van der Waals surface area contributed by atoms with Gasteiger partial charge in [0.2, 0.25) is 0 Å². The van der Waals surface area contributed by atoms with Gasteiger partial charge < -0.3 is 14.2 Å². The van der Waals surface area contributed by atoms with E-state index in [0.717, 1.165) is 18.1 Å². The summed E-state index contributed by atoms with van der Waals surface area (Å²) in [5.74, 6) is -1.45. The SMILES string of the molecule is COC(=O)C(C)=CC(=O)OC1CC2CC(OC(=O)C=C(C)C)C(C1)N2C. The van der Waals surface area contributed by atoms with Crippen molar-refractivity contribution in [3.05, 3.63) is 23.3 Å². The maximum atomic E-state index is 12.0. The molecular formula is C19H27NO6. The molecule has 2 heterocycles. The average molecular weight is 365 g/mol. The number of ether oxygens (including phenoxy) is 3. The van der Waals surface area contributed by atoms with Crippen LogP contribution in [0.5, 0.6) is 0 Å². The molecule has 0 spiro atoms. The quantitative estimate of drug-likeness (QED) is 0.417. The summed E-state index contributed by atoms with van der Waals surface area (Å²) < 4.78 is 15.7. The van der Waals surface area contributed by atoms with E-state index < -0.39 is 11.9 Å². The Morgan fingerprint density at radius 3 is 2.23 bits per heavy atom. The Kier molecular flexibility index (Phi) is 6.58. The smallest absolute Gasteiger partial charge is 0.333 e. The average Bonchev–Trinajstić information content (AvgIpc) is 2.71. The van der Waals surface area contributed by atoms with Crippen LogP contribution in [-0.2, 0) is 28.6 Å². The third kappa shape index (κ3) is 4.94. The normalized spacial score (nSPS) is 28.3. The third-order valence-corrected chi connectivity index (χ3v) is 4.87. The highest BCUT2D eigenvalue weighted by molar-refractivity contribution is 5.95. The van der Waals surface area contributed by atoms with Crippen molar-refractivity contribution in [1.29, 1.82) is 0 Å². The maximum absolute atomic E-state index is 12.0. The van der Waals surface area contributed by atoms with Crippen LogP contribution in [0.25, 0.3) is 0 Å². The number of hydrogen-bond donors (Lipinski definition) is 0. The van der Waals surface area contributed by atoms with E-state index in [9.17, 15) is 14.4 Å². The van der Waals surface area contributed by atoms with E-state index in [-0.39, 0.29) is 35.8 Å². The molecule has 4 atom stereocenters. The second-order valence-electron chi connectivity index (χ2n) is 7.17. The summed E-state index contributed by atoms with van der Waals surface area (Å²) in [4.78, 5) is 37.5. The van der Waals surface area contributed by atoms with Gasteiger partial charge in [0, 0.05) is 43.0 Å². The molecule has 0 saturated carbocycles. The first kappa shape index (κ1) is 20.2. The largest absolute Gasteiger partial charge is 0.466 e. The van der Waals surface area contributed by atoms with Gasteiger partial charge in [0.1, 0.15) is 12.2 Å². The molecule has 4 unspecified atom stereocenters. The van der Waals surface area contributed by atoms with Gasteiger partial charge in [0.25, 0.3) is 0 Å². The number of carbonyl (C=O) groups is 3. The minimum absolute atomic E-state index is 0.0201. The van der Waals surface area contributed by atoms with Gasteiger partial charge in [-0.15, -0.1) is 0 Å². The predicted molar refractivity (Wildman–Crippen MR) is 94.2 cm³/mol. The molecule has 0 aliphatic carbocycles. The Morgan fingerprint density at radius 2 is 1.62 bits per heavy atom. The molecule has 144 valence electrons. The molecule has 7 nitrogen and oxygen atoms in total. The Morgan fingerprint density at radius 1 is 0.962 bits per heavy atom. The second-order valence-corrected chi connectivity index (χ2v) is 7.17. The molecule has 0 aromatic carbocycles. The van der Waals surface area contributed by atoms with E-state index in [0.29, 0.717) is 12.8 Å². The number of rotatable bonds is 5. The van der Waals surface area contributed by atoms with E-state index in [2.05, 4.69) is 9.64 Å². The molecule has 0 aromatic heterocycles. The summed E-state index contributed by atoms with van der Waals surface area (Å²) in [7, 11) is 3.26. The molecule has 0 amide bonds. The summed E-state index contributed by atoms with van der Waals surface area (Å²) in [6.45, 7) is 5.20. The van der Waals surface area contributed by atoms with Crippen LogP contribution in [0.15, 0.2) is 23.3 Å². The van der Waals surface area contributed by atoms with Gasteiger partial charge in [-0.25, -0.2) is 14.4 Å². The number of esters is 3. The van der Waals surface area contributed by atoms with Crippen molar-refractivity contribution in [3.63, 3.8) is 0 Å². The number of likely N-dealkylation sites (N-methyl/N-ethyl adjacent to an activating group) is 1. The highest BCUT2D eigenvalue weighted by Gasteiger charge is 2.47. The van der Waals surface area contributed by atoms with Crippen molar-refractivity contribution < 1.29 is 28.6 Å². The predicted octanol–water partition coefficient (Wildman–Crippen LogP) is 1.76. The summed E-state index contributed by atoms with van der Waals surface area (Å²) in [6.07, 6.45) is 4.18. The third-order valence-electron chi connectivity index (χ3n) is 4.87. The number of piperidine rings is 1. The topological polar surface area (TPSA) is 82.1 Å². The minimum atomic E-state index is -0.559. The second kappa shape index (κ2) is 8.49. The summed E-state index contributed by atoms with van der Waals surface area (Å²) in [5, 5.41) is 0. The van der Waals surface area contributed by atoms with E-state index in [1.54, 1.807) is 0 Å². The molecule has 2 rings (SSSR count). The number of methoxy groups -OCH3 is 1. The number of nitrogens with zero attached hydrogens (tertiary/aromatic N) is 1. The maximum Gasteiger partial charge on any atom is 0.333 e. The van der Waals surface area contributed by atoms with Gasteiger partial charge in [-0.05, 0) is 27.8 Å². The number of fused-ring (bicyclic) bond motifs is 2. The van der Waals surface area contributed by atoms with Gasteiger partial charge in [-0.3, -0.25) is 4.90 Å². The van der Waals surface area contributed by atoms with Crippen molar-refractivity contribution in [2.24, 2.45) is 0 Å². The first-order chi connectivity index (χ1) is 12.2. The molecule has 0 N–H and O–H groups in total. The number of carbonyl (C=O) groups excluding carboxylic acids is 3. The van der Waals surface area contributed by atoms with E-state index >= 15 is 0 Å². The van der Waals surface area contributed by atoms with Crippen LogP contribution in [-0.4, -0.2) is 61.3 Å². The number of allylic oxidation sites excluding steroid dienone is 1. The zero-order chi connectivity index (χ0) is 19.4.